The molecule has 0 saturated carbocycles. The van der Waals surface area contributed by atoms with Gasteiger partial charge < -0.3 is 19.3 Å². The number of hydrogen-bond donors (Lipinski definition) is 1. The van der Waals surface area contributed by atoms with Crippen molar-refractivity contribution in [2.45, 2.75) is 18.6 Å². The molecule has 2 atom stereocenters. The van der Waals surface area contributed by atoms with Crippen LogP contribution in [0, 0.1) is 0 Å². The number of rotatable bonds is 8. The summed E-state index contributed by atoms with van der Waals surface area (Å²) in [5.74, 6) is 0.736. The van der Waals surface area contributed by atoms with Crippen LogP contribution in [-0.2, 0) is 16.1 Å². The van der Waals surface area contributed by atoms with E-state index >= 15 is 0 Å². The predicted octanol–water partition coefficient (Wildman–Crippen LogP) is 3.11. The Morgan fingerprint density at radius 1 is 1.28 bits per heavy atom. The van der Waals surface area contributed by atoms with E-state index in [-0.39, 0.29) is 5.25 Å². The highest BCUT2D eigenvalue weighted by Gasteiger charge is 2.36. The smallest absolute Gasteiger partial charge is 0.180 e. The van der Waals surface area contributed by atoms with Crippen LogP contribution >= 0.6 is 0 Å². The van der Waals surface area contributed by atoms with Crippen molar-refractivity contribution in [3.63, 3.8) is 0 Å². The van der Waals surface area contributed by atoms with Crippen molar-refractivity contribution in [1.82, 2.24) is 4.98 Å². The lowest BCUT2D eigenvalue weighted by Crippen LogP contribution is -2.34. The lowest BCUT2D eigenvalue weighted by atomic mass is 10.2. The molecule has 134 valence electrons. The summed E-state index contributed by atoms with van der Waals surface area (Å²) in [7, 11) is 1.67. The van der Waals surface area contributed by atoms with Crippen LogP contribution in [0.3, 0.4) is 0 Å². The van der Waals surface area contributed by atoms with Crippen molar-refractivity contribution in [1.29, 1.82) is 0 Å². The van der Waals surface area contributed by atoms with Gasteiger partial charge in [0.15, 0.2) is 10.9 Å². The van der Waals surface area contributed by atoms with Crippen LogP contribution in [0.1, 0.15) is 24.3 Å². The summed E-state index contributed by atoms with van der Waals surface area (Å²) in [6.07, 6.45) is 2.53. The minimum absolute atomic E-state index is 0.213. The zero-order valence-corrected chi connectivity index (χ0v) is 15.3. The second-order valence-corrected chi connectivity index (χ2v) is 7.43. The number of methoxy groups -OCH3 is 1. The molecule has 2 aromatic rings. The second-order valence-electron chi connectivity index (χ2n) is 5.73. The molecule has 1 aromatic carbocycles. The number of anilines is 2. The van der Waals surface area contributed by atoms with Gasteiger partial charge in [0.2, 0.25) is 0 Å². The zero-order valence-electron chi connectivity index (χ0n) is 14.5. The van der Waals surface area contributed by atoms with Crippen molar-refractivity contribution < 1.29 is 14.0 Å². The number of para-hydroxylation sites is 1. The number of pyridine rings is 1. The lowest BCUT2D eigenvalue weighted by Gasteiger charge is -2.26. The Labute approximate surface area is 151 Å². The highest BCUT2D eigenvalue weighted by molar-refractivity contribution is 7.93. The van der Waals surface area contributed by atoms with Gasteiger partial charge in [-0.05, 0) is 31.2 Å². The van der Waals surface area contributed by atoms with E-state index in [0.717, 1.165) is 29.2 Å². The highest BCUT2D eigenvalue weighted by Crippen LogP contribution is 2.43. The Bertz CT molecular complexity index is 687. The van der Waals surface area contributed by atoms with Crippen LogP contribution in [0.25, 0.3) is 0 Å². The zero-order chi connectivity index (χ0) is 17.6. The fraction of sp³-hybridized carbons (Fsp3) is 0.389. The van der Waals surface area contributed by atoms with E-state index in [9.17, 15) is 4.55 Å². The molecular formula is C18H23N3O3S. The van der Waals surface area contributed by atoms with Gasteiger partial charge in [-0.15, -0.1) is 0 Å². The van der Waals surface area contributed by atoms with Gasteiger partial charge >= 0.3 is 0 Å². The number of hydrogen-bond acceptors (Lipinski definition) is 6. The second kappa shape index (κ2) is 8.42. The summed E-state index contributed by atoms with van der Waals surface area (Å²) < 4.78 is 25.9. The number of benzene rings is 1. The Hall–Kier alpha value is -1.96. The standard InChI is InChI=1S/C18H23N3O3S/c1-14(15-7-3-4-10-19-15)25(22)21-13-20-16-8-5-9-17(18(16)21)24-12-6-11-23-2/h3-5,7-10,14,20H,6,11-13H2,1-2H3. The Morgan fingerprint density at radius 2 is 2.16 bits per heavy atom. The van der Waals surface area contributed by atoms with E-state index in [4.69, 9.17) is 9.47 Å². The van der Waals surface area contributed by atoms with Crippen LogP contribution in [0.5, 0.6) is 5.75 Å². The lowest BCUT2D eigenvalue weighted by molar-refractivity contribution is 0.172. The average Bonchev–Trinajstić information content (AvgIpc) is 3.09. The number of aromatic nitrogens is 1. The van der Waals surface area contributed by atoms with Crippen LogP contribution in [0.15, 0.2) is 42.6 Å². The Morgan fingerprint density at radius 3 is 2.92 bits per heavy atom. The third kappa shape index (κ3) is 4.00. The van der Waals surface area contributed by atoms with Crippen LogP contribution in [-0.4, -0.2) is 36.5 Å². The summed E-state index contributed by atoms with van der Waals surface area (Å²) in [6.45, 7) is 3.62. The molecule has 7 heteroatoms. The molecular weight excluding hydrogens is 338 g/mol. The van der Waals surface area contributed by atoms with E-state index in [1.807, 2.05) is 47.6 Å². The molecule has 2 heterocycles. The van der Waals surface area contributed by atoms with E-state index < -0.39 is 11.4 Å². The fourth-order valence-electron chi connectivity index (χ4n) is 2.72. The summed E-state index contributed by atoms with van der Waals surface area (Å²) in [5, 5.41) is 3.07. The number of nitrogens with zero attached hydrogens (tertiary/aromatic N) is 2. The molecule has 1 aromatic heterocycles. The van der Waals surface area contributed by atoms with Crippen molar-refractivity contribution in [2.75, 3.05) is 36.6 Å². The first-order valence-electron chi connectivity index (χ1n) is 8.30. The van der Waals surface area contributed by atoms with Crippen molar-refractivity contribution in [2.24, 2.45) is 0 Å². The van der Waals surface area contributed by atoms with Gasteiger partial charge in [-0.25, -0.2) is 0 Å². The van der Waals surface area contributed by atoms with Gasteiger partial charge in [0.05, 0.1) is 29.4 Å². The van der Waals surface area contributed by atoms with Crippen molar-refractivity contribution in [3.8, 4) is 5.75 Å². The van der Waals surface area contributed by atoms with Gasteiger partial charge in [0.1, 0.15) is 12.4 Å². The van der Waals surface area contributed by atoms with Crippen molar-refractivity contribution in [3.05, 3.63) is 48.3 Å². The molecule has 0 spiro atoms. The monoisotopic (exact) mass is 361 g/mol. The van der Waals surface area contributed by atoms with Gasteiger partial charge in [-0.1, -0.05) is 12.1 Å². The molecule has 0 radical (unpaired) electrons. The maximum atomic E-state index is 13.1. The van der Waals surface area contributed by atoms with Gasteiger partial charge in [-0.2, -0.15) is 4.31 Å². The number of ether oxygens (including phenoxy) is 2. The van der Waals surface area contributed by atoms with Gasteiger partial charge in [0, 0.05) is 26.3 Å². The van der Waals surface area contributed by atoms with Gasteiger partial charge in [-0.3, -0.25) is 4.98 Å². The fourth-order valence-corrected chi connectivity index (χ4v) is 4.01. The first kappa shape index (κ1) is 17.8. The summed E-state index contributed by atoms with van der Waals surface area (Å²) in [6, 6.07) is 11.5. The minimum atomic E-state index is -1.27. The largest absolute Gasteiger partial charge is 0.592 e. The molecule has 3 rings (SSSR count). The molecule has 0 saturated heterocycles. The summed E-state index contributed by atoms with van der Waals surface area (Å²) in [5.41, 5.74) is 2.60. The number of nitrogens with one attached hydrogen (secondary N) is 1. The molecule has 1 aliphatic heterocycles. The molecule has 0 amide bonds. The predicted molar refractivity (Wildman–Crippen MR) is 100 cm³/mol. The normalized spacial score (nSPS) is 15.4. The topological polar surface area (TPSA) is 69.7 Å². The van der Waals surface area contributed by atoms with E-state index in [1.165, 1.54) is 0 Å². The molecule has 0 fully saturated rings. The summed E-state index contributed by atoms with van der Waals surface area (Å²) >= 11 is -1.27. The Balaban J connectivity index is 1.78. The van der Waals surface area contributed by atoms with Crippen LogP contribution in [0.2, 0.25) is 0 Å². The Kier molecular flexibility index (Phi) is 6.01. The SMILES string of the molecule is COCCCOc1cccc2c1N([S+]([O-])C(C)c1ccccn1)CN2. The maximum Gasteiger partial charge on any atom is 0.180 e. The minimum Gasteiger partial charge on any atom is -0.592 e. The summed E-state index contributed by atoms with van der Waals surface area (Å²) in [4.78, 5) is 4.33. The molecule has 2 unspecified atom stereocenters. The molecule has 6 nitrogen and oxygen atoms in total. The van der Waals surface area contributed by atoms with Crippen LogP contribution in [0.4, 0.5) is 11.4 Å². The van der Waals surface area contributed by atoms with Crippen molar-refractivity contribution >= 4 is 22.7 Å². The quantitative estimate of drug-likeness (QED) is 0.575. The van der Waals surface area contributed by atoms with Crippen LogP contribution < -0.4 is 14.4 Å². The molecule has 0 aliphatic carbocycles. The third-order valence-electron chi connectivity index (χ3n) is 4.04. The first-order valence-corrected chi connectivity index (χ1v) is 9.47. The molecule has 1 N–H and O–H groups in total. The van der Waals surface area contributed by atoms with Gasteiger partial charge in [0.25, 0.3) is 0 Å². The van der Waals surface area contributed by atoms with E-state index in [2.05, 4.69) is 10.3 Å². The maximum absolute atomic E-state index is 13.1. The average molecular weight is 361 g/mol. The molecule has 0 bridgehead atoms. The molecule has 1 aliphatic rings. The number of fused-ring (bicyclic) bond motifs is 1. The molecule has 25 heavy (non-hydrogen) atoms. The third-order valence-corrected chi connectivity index (χ3v) is 5.63. The highest BCUT2D eigenvalue weighted by atomic mass is 32.2. The van der Waals surface area contributed by atoms with E-state index in [0.29, 0.717) is 19.9 Å². The first-order chi connectivity index (χ1) is 12.2. The van der Waals surface area contributed by atoms with E-state index in [1.54, 1.807) is 13.3 Å².